The number of hydrogen-bond donors (Lipinski definition) is 2. The molecular weight excluding hydrogens is 236 g/mol. The molecule has 0 spiro atoms. The number of carbonyl (C=O) groups excluding carboxylic acids is 2. The van der Waals surface area contributed by atoms with E-state index in [4.69, 9.17) is 0 Å². The monoisotopic (exact) mass is 258 g/mol. The van der Waals surface area contributed by atoms with Crippen LogP contribution in [0.15, 0.2) is 0 Å². The first-order valence-electron chi connectivity index (χ1n) is 6.40. The van der Waals surface area contributed by atoms with Gasteiger partial charge >= 0.3 is 0 Å². The quantitative estimate of drug-likeness (QED) is 0.744. The predicted molar refractivity (Wildman–Crippen MR) is 63.8 cm³/mol. The van der Waals surface area contributed by atoms with Crippen LogP contribution in [0.4, 0.5) is 0 Å². The van der Waals surface area contributed by atoms with Crippen molar-refractivity contribution in [2.24, 2.45) is 11.8 Å². The number of hydroxylamine groups is 4. The zero-order valence-corrected chi connectivity index (χ0v) is 11.3. The first-order valence-corrected chi connectivity index (χ1v) is 6.40. The van der Waals surface area contributed by atoms with Crippen LogP contribution in [0.3, 0.4) is 0 Å². The SMILES string of the molecule is CC[C@@H](C)[C@H]1C(=O)N(O)[C@@H]([C@H](C)CC)C(=O)N1O. The molecule has 0 aromatic carbocycles. The normalized spacial score (nSPS) is 28.6. The second kappa shape index (κ2) is 5.67. The molecule has 6 heteroatoms. The van der Waals surface area contributed by atoms with Crippen molar-refractivity contribution in [3.8, 4) is 0 Å². The number of nitrogens with zero attached hydrogens (tertiary/aromatic N) is 2. The van der Waals surface area contributed by atoms with Gasteiger partial charge in [-0.25, -0.2) is 10.1 Å². The van der Waals surface area contributed by atoms with Gasteiger partial charge < -0.3 is 0 Å². The molecule has 0 bridgehead atoms. The van der Waals surface area contributed by atoms with E-state index in [1.807, 2.05) is 13.8 Å². The van der Waals surface area contributed by atoms with Crippen molar-refractivity contribution in [2.45, 2.75) is 52.6 Å². The van der Waals surface area contributed by atoms with Crippen LogP contribution in [0.1, 0.15) is 40.5 Å². The van der Waals surface area contributed by atoms with Gasteiger partial charge in [-0.3, -0.25) is 20.0 Å². The maximum Gasteiger partial charge on any atom is 0.272 e. The largest absolute Gasteiger partial charge is 0.285 e. The van der Waals surface area contributed by atoms with Crippen molar-refractivity contribution in [1.29, 1.82) is 0 Å². The Morgan fingerprint density at radius 3 is 1.44 bits per heavy atom. The van der Waals surface area contributed by atoms with Crippen LogP contribution < -0.4 is 0 Å². The second-order valence-corrected chi connectivity index (χ2v) is 5.03. The summed E-state index contributed by atoms with van der Waals surface area (Å²) in [5, 5.41) is 20.7. The molecule has 2 N–H and O–H groups in total. The van der Waals surface area contributed by atoms with Crippen LogP contribution in [-0.2, 0) is 9.59 Å². The van der Waals surface area contributed by atoms with Gasteiger partial charge in [-0.1, -0.05) is 40.5 Å². The Kier molecular flexibility index (Phi) is 4.70. The molecule has 0 saturated carbocycles. The number of carbonyl (C=O) groups is 2. The smallest absolute Gasteiger partial charge is 0.272 e. The number of amides is 2. The van der Waals surface area contributed by atoms with E-state index in [1.54, 1.807) is 13.8 Å². The molecule has 0 aromatic rings. The van der Waals surface area contributed by atoms with Gasteiger partial charge in [0.15, 0.2) is 0 Å². The highest BCUT2D eigenvalue weighted by Crippen LogP contribution is 2.26. The molecule has 4 atom stereocenters. The average Bonchev–Trinajstić information content (AvgIpc) is 2.36. The van der Waals surface area contributed by atoms with E-state index < -0.39 is 23.9 Å². The summed E-state index contributed by atoms with van der Waals surface area (Å²) in [6.45, 7) is 7.24. The fourth-order valence-electron chi connectivity index (χ4n) is 2.17. The Bertz CT molecular complexity index is 302. The van der Waals surface area contributed by atoms with E-state index in [0.29, 0.717) is 23.0 Å². The van der Waals surface area contributed by atoms with E-state index in [1.165, 1.54) is 0 Å². The standard InChI is InChI=1S/C12H22N2O4/c1-5-7(3)9-11(15)14(18)10(8(4)6-2)12(16)13(9)17/h7-10,17-18H,5-6H2,1-4H3/t7-,8-,9+,10+/m1/s1. The summed E-state index contributed by atoms with van der Waals surface area (Å²) in [6, 6.07) is -1.99. The maximum absolute atomic E-state index is 12.0. The van der Waals surface area contributed by atoms with Gasteiger partial charge in [-0.15, -0.1) is 0 Å². The van der Waals surface area contributed by atoms with Gasteiger partial charge in [0.1, 0.15) is 12.1 Å². The van der Waals surface area contributed by atoms with Crippen molar-refractivity contribution in [3.63, 3.8) is 0 Å². The van der Waals surface area contributed by atoms with Crippen LogP contribution in [0.5, 0.6) is 0 Å². The van der Waals surface area contributed by atoms with Crippen LogP contribution in [0, 0.1) is 11.8 Å². The van der Waals surface area contributed by atoms with Gasteiger partial charge in [0.25, 0.3) is 11.8 Å². The number of piperazine rings is 1. The van der Waals surface area contributed by atoms with E-state index >= 15 is 0 Å². The molecule has 1 saturated heterocycles. The van der Waals surface area contributed by atoms with Crippen molar-refractivity contribution in [3.05, 3.63) is 0 Å². The molecule has 1 rings (SSSR count). The van der Waals surface area contributed by atoms with Crippen molar-refractivity contribution < 1.29 is 20.0 Å². The van der Waals surface area contributed by atoms with Gasteiger partial charge in [0.2, 0.25) is 0 Å². The highest BCUT2D eigenvalue weighted by molar-refractivity contribution is 5.95. The zero-order valence-electron chi connectivity index (χ0n) is 11.3. The third kappa shape index (κ3) is 2.35. The Labute approximate surface area is 107 Å². The summed E-state index contributed by atoms with van der Waals surface area (Å²) in [6.07, 6.45) is 1.26. The Morgan fingerprint density at radius 1 is 0.944 bits per heavy atom. The summed E-state index contributed by atoms with van der Waals surface area (Å²) in [7, 11) is 0. The minimum atomic E-state index is -0.993. The Morgan fingerprint density at radius 2 is 1.22 bits per heavy atom. The second-order valence-electron chi connectivity index (χ2n) is 5.03. The lowest BCUT2D eigenvalue weighted by Crippen LogP contribution is -2.65. The molecule has 0 aliphatic carbocycles. The summed E-state index contributed by atoms with van der Waals surface area (Å²) < 4.78 is 0. The average molecular weight is 258 g/mol. The lowest BCUT2D eigenvalue weighted by molar-refractivity contribution is -0.238. The summed E-state index contributed by atoms with van der Waals surface area (Å²) in [4.78, 5) is 24.1. The first kappa shape index (κ1) is 14.9. The molecule has 1 heterocycles. The Hall–Kier alpha value is -1.14. The van der Waals surface area contributed by atoms with Gasteiger partial charge in [0.05, 0.1) is 0 Å². The number of hydrogen-bond acceptors (Lipinski definition) is 4. The van der Waals surface area contributed by atoms with Crippen molar-refractivity contribution in [1.82, 2.24) is 10.1 Å². The Balaban J connectivity index is 3.03. The van der Waals surface area contributed by atoms with E-state index in [0.717, 1.165) is 0 Å². The molecule has 1 fully saturated rings. The third-order valence-electron chi connectivity index (χ3n) is 3.85. The lowest BCUT2D eigenvalue weighted by Gasteiger charge is -2.42. The van der Waals surface area contributed by atoms with Gasteiger partial charge in [0, 0.05) is 0 Å². The fourth-order valence-corrected chi connectivity index (χ4v) is 2.17. The molecule has 0 aromatic heterocycles. The highest BCUT2D eigenvalue weighted by Gasteiger charge is 2.48. The minimum Gasteiger partial charge on any atom is -0.285 e. The predicted octanol–water partition coefficient (Wildman–Crippen LogP) is 1.27. The van der Waals surface area contributed by atoms with Gasteiger partial charge in [-0.05, 0) is 11.8 Å². The highest BCUT2D eigenvalue weighted by atomic mass is 16.5. The molecule has 0 radical (unpaired) electrons. The summed E-state index contributed by atoms with van der Waals surface area (Å²) in [5.74, 6) is -1.65. The third-order valence-corrected chi connectivity index (χ3v) is 3.85. The molecule has 1 aliphatic heterocycles. The lowest BCUT2D eigenvalue weighted by atomic mass is 9.90. The summed E-state index contributed by atoms with van der Waals surface area (Å²) >= 11 is 0. The molecule has 2 amide bonds. The zero-order chi connectivity index (χ0) is 14.0. The molecule has 18 heavy (non-hydrogen) atoms. The van der Waals surface area contributed by atoms with E-state index in [-0.39, 0.29) is 11.8 Å². The van der Waals surface area contributed by atoms with Gasteiger partial charge in [-0.2, -0.15) is 0 Å². The van der Waals surface area contributed by atoms with E-state index in [2.05, 4.69) is 0 Å². The first-order chi connectivity index (χ1) is 8.36. The topological polar surface area (TPSA) is 81.1 Å². The maximum atomic E-state index is 12.0. The molecule has 6 nitrogen and oxygen atoms in total. The molecule has 104 valence electrons. The van der Waals surface area contributed by atoms with Crippen LogP contribution in [-0.4, -0.2) is 44.4 Å². The van der Waals surface area contributed by atoms with Crippen LogP contribution in [0.2, 0.25) is 0 Å². The molecular formula is C12H22N2O4. The molecule has 1 aliphatic rings. The van der Waals surface area contributed by atoms with Crippen molar-refractivity contribution in [2.75, 3.05) is 0 Å². The van der Waals surface area contributed by atoms with Crippen LogP contribution >= 0.6 is 0 Å². The minimum absolute atomic E-state index is 0.209. The van der Waals surface area contributed by atoms with E-state index in [9.17, 15) is 20.0 Å². The number of rotatable bonds is 4. The van der Waals surface area contributed by atoms with Crippen LogP contribution in [0.25, 0.3) is 0 Å². The summed E-state index contributed by atoms with van der Waals surface area (Å²) in [5.41, 5.74) is 0. The van der Waals surface area contributed by atoms with Crippen molar-refractivity contribution >= 4 is 11.8 Å². The fraction of sp³-hybridized carbons (Fsp3) is 0.833. The molecule has 0 unspecified atom stereocenters.